The number of fused-ring (bicyclic) bond motifs is 3. The minimum absolute atomic E-state index is 0.0160. The van der Waals surface area contributed by atoms with Crippen LogP contribution < -0.4 is 0 Å². The summed E-state index contributed by atoms with van der Waals surface area (Å²) in [5.74, 6) is 0.395. The highest BCUT2D eigenvalue weighted by Gasteiger charge is 2.19. The molecule has 0 bridgehead atoms. The van der Waals surface area contributed by atoms with Gasteiger partial charge in [0.15, 0.2) is 11.6 Å². The van der Waals surface area contributed by atoms with Crippen LogP contribution >= 0.6 is 11.8 Å². The molecule has 5 nitrogen and oxygen atoms in total. The molecule has 0 aliphatic carbocycles. The van der Waals surface area contributed by atoms with E-state index in [9.17, 15) is 14.4 Å². The summed E-state index contributed by atoms with van der Waals surface area (Å²) in [6.45, 7) is 8.31. The molecule has 0 radical (unpaired) electrons. The van der Waals surface area contributed by atoms with Crippen molar-refractivity contribution in [3.63, 3.8) is 0 Å². The Bertz CT molecular complexity index is 1860. The van der Waals surface area contributed by atoms with Crippen molar-refractivity contribution in [3.8, 4) is 0 Å². The van der Waals surface area contributed by atoms with Gasteiger partial charge in [0.1, 0.15) is 0 Å². The summed E-state index contributed by atoms with van der Waals surface area (Å²) in [4.78, 5) is 44.6. The normalized spacial score (nSPS) is 11.8. The van der Waals surface area contributed by atoms with Crippen LogP contribution in [-0.2, 0) is 11.3 Å². The van der Waals surface area contributed by atoms with E-state index in [0.29, 0.717) is 34.6 Å². The average molecular weight is 575 g/mol. The fourth-order valence-electron chi connectivity index (χ4n) is 5.32. The standard InChI is InChI=1S/C36H34N2O3S/c1-5-38-32-16-14-26(35(40)28-12-8-6-10-23(28)2)20-29(32)30-21-27(15-17-33(30)38)36(41)31(37-22-25(4)39)18-19-42-34-13-9-7-11-24(34)3/h6-17,20-21H,5,18-19,22H2,1-4H3. The lowest BCUT2D eigenvalue weighted by Gasteiger charge is -2.09. The van der Waals surface area contributed by atoms with Crippen LogP contribution in [0.25, 0.3) is 21.8 Å². The molecule has 1 heterocycles. The Balaban J connectivity index is 1.51. The summed E-state index contributed by atoms with van der Waals surface area (Å²) < 4.78 is 2.20. The maximum Gasteiger partial charge on any atom is 0.206 e. The van der Waals surface area contributed by atoms with E-state index in [2.05, 4.69) is 35.5 Å². The van der Waals surface area contributed by atoms with Gasteiger partial charge >= 0.3 is 0 Å². The van der Waals surface area contributed by atoms with E-state index in [1.807, 2.05) is 79.7 Å². The van der Waals surface area contributed by atoms with Crippen molar-refractivity contribution in [2.45, 2.75) is 45.6 Å². The molecule has 0 amide bonds. The number of carbonyl (C=O) groups is 3. The highest BCUT2D eigenvalue weighted by molar-refractivity contribution is 7.99. The predicted octanol–water partition coefficient (Wildman–Crippen LogP) is 8.06. The lowest BCUT2D eigenvalue weighted by molar-refractivity contribution is -0.115. The molecule has 0 atom stereocenters. The smallest absolute Gasteiger partial charge is 0.206 e. The number of ketones is 3. The maximum atomic E-state index is 13.8. The van der Waals surface area contributed by atoms with Crippen LogP contribution in [-0.4, -0.2) is 39.9 Å². The van der Waals surface area contributed by atoms with Gasteiger partial charge in [0.05, 0.1) is 12.3 Å². The third kappa shape index (κ3) is 6.00. The second-order valence-electron chi connectivity index (χ2n) is 10.5. The van der Waals surface area contributed by atoms with E-state index >= 15 is 0 Å². The molecule has 0 saturated heterocycles. The molecule has 0 unspecified atom stereocenters. The Kier molecular flexibility index (Phi) is 8.83. The number of thioether (sulfide) groups is 1. The van der Waals surface area contributed by atoms with Crippen molar-refractivity contribution in [2.24, 2.45) is 4.99 Å². The molecule has 1 aromatic heterocycles. The van der Waals surface area contributed by atoms with E-state index in [-0.39, 0.29) is 23.9 Å². The molecular weight excluding hydrogens is 540 g/mol. The van der Waals surface area contributed by atoms with Crippen LogP contribution in [0.3, 0.4) is 0 Å². The number of nitrogens with zero attached hydrogens (tertiary/aromatic N) is 2. The van der Waals surface area contributed by atoms with E-state index in [4.69, 9.17) is 0 Å². The van der Waals surface area contributed by atoms with Crippen LogP contribution in [0.15, 0.2) is 94.8 Å². The SMILES string of the molecule is CCn1c2ccc(C(=O)C(CCSc3ccccc3C)=NCC(C)=O)cc2c2cc(C(=O)c3ccccc3C)ccc21. The quantitative estimate of drug-likeness (QED) is 0.0909. The Morgan fingerprint density at radius 1 is 0.786 bits per heavy atom. The molecule has 5 aromatic rings. The number of benzene rings is 4. The molecule has 212 valence electrons. The molecule has 0 N–H and O–H groups in total. The average Bonchev–Trinajstić information content (AvgIpc) is 3.31. The van der Waals surface area contributed by atoms with Gasteiger partial charge in [0, 0.05) is 62.1 Å². The first-order chi connectivity index (χ1) is 20.3. The van der Waals surface area contributed by atoms with Crippen molar-refractivity contribution in [3.05, 3.63) is 113 Å². The molecule has 0 fully saturated rings. The third-order valence-electron chi connectivity index (χ3n) is 7.54. The molecule has 42 heavy (non-hydrogen) atoms. The number of rotatable bonds is 11. The Morgan fingerprint density at radius 2 is 1.40 bits per heavy atom. The first-order valence-electron chi connectivity index (χ1n) is 14.2. The van der Waals surface area contributed by atoms with Gasteiger partial charge in [0.25, 0.3) is 0 Å². The van der Waals surface area contributed by atoms with E-state index in [1.54, 1.807) is 11.8 Å². The van der Waals surface area contributed by atoms with Gasteiger partial charge in [0.2, 0.25) is 5.78 Å². The van der Waals surface area contributed by atoms with Crippen molar-refractivity contribution in [2.75, 3.05) is 12.3 Å². The van der Waals surface area contributed by atoms with Gasteiger partial charge in [-0.1, -0.05) is 42.5 Å². The number of hydrogen-bond acceptors (Lipinski definition) is 5. The largest absolute Gasteiger partial charge is 0.341 e. The first-order valence-corrected chi connectivity index (χ1v) is 15.2. The summed E-state index contributed by atoms with van der Waals surface area (Å²) in [6, 6.07) is 27.3. The van der Waals surface area contributed by atoms with Crippen molar-refractivity contribution in [1.29, 1.82) is 0 Å². The monoisotopic (exact) mass is 574 g/mol. The molecule has 5 rings (SSSR count). The molecular formula is C36H34N2O3S. The summed E-state index contributed by atoms with van der Waals surface area (Å²) in [5.41, 5.74) is 6.36. The number of Topliss-reactive ketones (excluding diaryl/α,β-unsaturated/α-hetero) is 2. The molecule has 0 saturated carbocycles. The number of aryl methyl sites for hydroxylation is 3. The molecule has 4 aromatic carbocycles. The summed E-state index contributed by atoms with van der Waals surface area (Å²) in [5, 5.41) is 1.84. The van der Waals surface area contributed by atoms with Crippen molar-refractivity contribution < 1.29 is 14.4 Å². The lowest BCUT2D eigenvalue weighted by Crippen LogP contribution is -2.17. The number of aromatic nitrogens is 1. The lowest BCUT2D eigenvalue weighted by atomic mass is 9.97. The van der Waals surface area contributed by atoms with E-state index in [1.165, 1.54) is 17.4 Å². The zero-order valence-corrected chi connectivity index (χ0v) is 25.3. The minimum Gasteiger partial charge on any atom is -0.341 e. The highest BCUT2D eigenvalue weighted by atomic mass is 32.2. The predicted molar refractivity (Wildman–Crippen MR) is 174 cm³/mol. The second-order valence-corrected chi connectivity index (χ2v) is 11.6. The van der Waals surface area contributed by atoms with Crippen LogP contribution in [0.1, 0.15) is 57.7 Å². The molecule has 6 heteroatoms. The van der Waals surface area contributed by atoms with Crippen LogP contribution in [0, 0.1) is 13.8 Å². The van der Waals surface area contributed by atoms with Crippen LogP contribution in [0.5, 0.6) is 0 Å². The fraction of sp³-hybridized carbons (Fsp3) is 0.222. The van der Waals surface area contributed by atoms with E-state index < -0.39 is 0 Å². The van der Waals surface area contributed by atoms with Crippen molar-refractivity contribution in [1.82, 2.24) is 4.57 Å². The van der Waals surface area contributed by atoms with Gasteiger partial charge in [-0.2, -0.15) is 0 Å². The van der Waals surface area contributed by atoms with E-state index in [0.717, 1.165) is 33.9 Å². The number of aliphatic imine (C=N–C) groups is 1. The van der Waals surface area contributed by atoms with Gasteiger partial charge < -0.3 is 4.57 Å². The number of carbonyl (C=O) groups excluding carboxylic acids is 3. The molecule has 0 aliphatic heterocycles. The second kappa shape index (κ2) is 12.7. The van der Waals surface area contributed by atoms with Gasteiger partial charge in [-0.05, 0) is 81.3 Å². The third-order valence-corrected chi connectivity index (χ3v) is 8.72. The minimum atomic E-state index is -0.173. The van der Waals surface area contributed by atoms with Crippen LogP contribution in [0.4, 0.5) is 0 Å². The summed E-state index contributed by atoms with van der Waals surface area (Å²) >= 11 is 1.68. The first kappa shape index (κ1) is 29.2. The molecule has 0 aliphatic rings. The van der Waals surface area contributed by atoms with Crippen LogP contribution in [0.2, 0.25) is 0 Å². The Morgan fingerprint density at radius 3 is 2.05 bits per heavy atom. The fourth-order valence-corrected chi connectivity index (χ4v) is 6.31. The van der Waals surface area contributed by atoms with Gasteiger partial charge in [-0.3, -0.25) is 19.4 Å². The summed E-state index contributed by atoms with van der Waals surface area (Å²) in [7, 11) is 0. The Labute approximate surface area is 250 Å². The molecule has 0 spiro atoms. The Hall–Kier alpha value is -4.29. The zero-order valence-electron chi connectivity index (χ0n) is 24.4. The van der Waals surface area contributed by atoms with Crippen molar-refractivity contribution >= 4 is 56.6 Å². The van der Waals surface area contributed by atoms with Gasteiger partial charge in [-0.25, -0.2) is 0 Å². The number of hydrogen-bond donors (Lipinski definition) is 0. The zero-order chi connectivity index (χ0) is 29.8. The van der Waals surface area contributed by atoms with Gasteiger partial charge in [-0.15, -0.1) is 11.8 Å². The summed E-state index contributed by atoms with van der Waals surface area (Å²) in [6.07, 6.45) is 0.453. The maximum absolute atomic E-state index is 13.8. The highest BCUT2D eigenvalue weighted by Crippen LogP contribution is 2.32. The topological polar surface area (TPSA) is 68.5 Å².